The van der Waals surface area contributed by atoms with Crippen LogP contribution < -0.4 is 17.5 Å². The number of benzene rings is 1. The van der Waals surface area contributed by atoms with Gasteiger partial charge in [0, 0.05) is 0 Å². The Morgan fingerprint density at radius 1 is 1.33 bits per heavy atom. The molecule has 1 heterocycles. The molecule has 12 heavy (non-hydrogen) atoms. The molecule has 0 saturated carbocycles. The molecule has 1 nitrogen and oxygen atoms in total. The fourth-order valence-corrected chi connectivity index (χ4v) is 4.09. The number of nitrogens with zero attached hydrogens (tertiary/aromatic N) is 1. The number of hydrogen-bond donors (Lipinski definition) is 0. The minimum atomic E-state index is -0.109. The summed E-state index contributed by atoms with van der Waals surface area (Å²) in [6.45, 7) is 1.97. The van der Waals surface area contributed by atoms with Gasteiger partial charge in [0.1, 0.15) is 0 Å². The van der Waals surface area contributed by atoms with E-state index in [-0.39, 0.29) is 23.3 Å². The molecule has 4 heteroatoms. The van der Waals surface area contributed by atoms with Crippen molar-refractivity contribution in [1.82, 2.24) is 3.11 Å². The van der Waals surface area contributed by atoms with Crippen molar-refractivity contribution in [3.8, 4) is 0 Å². The normalized spacial score (nSPS) is 16.8. The molecule has 2 rings (SSSR count). The average molecular weight is 390 g/mol. The van der Waals surface area contributed by atoms with Crippen LogP contribution >= 0.6 is 18.6 Å². The zero-order chi connectivity index (χ0) is 8.55. The summed E-state index contributed by atoms with van der Waals surface area (Å²) in [4.78, 5) is 0. The third-order valence-electron chi connectivity index (χ3n) is 1.94. The summed E-state index contributed by atoms with van der Waals surface area (Å²) in [5.74, 6) is -0.109. The maximum atomic E-state index is 12.8. The topological polar surface area (TPSA) is 3.24 Å². The van der Waals surface area contributed by atoms with Gasteiger partial charge < -0.3 is 0 Å². The molecule has 0 saturated heterocycles. The Kier molecular flexibility index (Phi) is 2.85. The van der Waals surface area contributed by atoms with Gasteiger partial charge in [-0.25, -0.2) is 0 Å². The van der Waals surface area contributed by atoms with Crippen LogP contribution in [0.4, 0.5) is 4.39 Å². The maximum absolute atomic E-state index is 12.8. The number of hydrogen-bond acceptors (Lipinski definition) is 1. The van der Waals surface area contributed by atoms with Crippen molar-refractivity contribution in [2.24, 2.45) is 0 Å². The Morgan fingerprint density at radius 3 is 2.83 bits per heavy atom. The molecule has 0 amide bonds. The van der Waals surface area contributed by atoms with Gasteiger partial charge in [0.25, 0.3) is 0 Å². The van der Waals surface area contributed by atoms with Gasteiger partial charge in [0.05, 0.1) is 0 Å². The zero-order valence-electron chi connectivity index (χ0n) is 6.23. The van der Waals surface area contributed by atoms with E-state index >= 15 is 0 Å². The van der Waals surface area contributed by atoms with Gasteiger partial charge in [0.15, 0.2) is 0 Å². The van der Waals surface area contributed by atoms with Crippen molar-refractivity contribution >= 4 is 18.6 Å². The third-order valence-corrected chi connectivity index (χ3v) is 6.60. The van der Waals surface area contributed by atoms with Crippen LogP contribution in [0.1, 0.15) is 11.1 Å². The first kappa shape index (κ1) is 9.14. The predicted octanol–water partition coefficient (Wildman–Crippen LogP) is -0.505. The molecule has 0 bridgehead atoms. The summed E-state index contributed by atoms with van der Waals surface area (Å²) >= 11 is 2.57. The quantitative estimate of drug-likeness (QED) is 0.462. The van der Waals surface area contributed by atoms with Crippen LogP contribution in [-0.4, -0.2) is 3.11 Å². The van der Waals surface area contributed by atoms with E-state index in [1.165, 1.54) is 11.1 Å². The predicted molar refractivity (Wildman–Crippen MR) is 49.7 cm³/mol. The Labute approximate surface area is 91.1 Å². The van der Waals surface area contributed by atoms with Gasteiger partial charge in [0.2, 0.25) is 0 Å². The van der Waals surface area contributed by atoms with Crippen LogP contribution in [0.2, 0.25) is 0 Å². The average Bonchev–Trinajstić information content (AvgIpc) is 2.46. The minimum absolute atomic E-state index is 0.109. The van der Waals surface area contributed by atoms with Gasteiger partial charge >= 0.3 is 91.9 Å². The van der Waals surface area contributed by atoms with Crippen LogP contribution in [0.15, 0.2) is 18.2 Å². The molecule has 1 aliphatic rings. The van der Waals surface area contributed by atoms with E-state index in [9.17, 15) is 4.39 Å². The number of halogens is 3. The molecule has 0 N–H and O–H groups in total. The van der Waals surface area contributed by atoms with Crippen LogP contribution in [0.25, 0.3) is 0 Å². The summed E-state index contributed by atoms with van der Waals surface area (Å²) in [7, 11) is 0. The van der Waals surface area contributed by atoms with E-state index in [4.69, 9.17) is 0 Å². The molecule has 66 valence electrons. The van der Waals surface area contributed by atoms with E-state index in [1.807, 2.05) is 6.07 Å². The third kappa shape index (κ3) is 1.74. The second-order valence-electron chi connectivity index (χ2n) is 2.76. The van der Waals surface area contributed by atoms with Crippen molar-refractivity contribution in [2.75, 3.05) is 0 Å². The molecular weight excluding hydrogens is 383 g/mol. The van der Waals surface area contributed by atoms with Gasteiger partial charge in [-0.05, 0) is 0 Å². The van der Waals surface area contributed by atoms with E-state index < -0.39 is 0 Å². The Hall–Kier alpha value is 0.570. The molecule has 1 aliphatic heterocycles. The monoisotopic (exact) mass is 390 g/mol. The Morgan fingerprint density at radius 2 is 2.08 bits per heavy atom. The van der Waals surface area contributed by atoms with Crippen LogP contribution in [0, 0.1) is 5.82 Å². The molecule has 0 aromatic heterocycles. The van der Waals surface area contributed by atoms with E-state index in [0.717, 1.165) is 13.1 Å². The van der Waals surface area contributed by atoms with Crippen LogP contribution in [-0.2, 0) is 13.1 Å². The van der Waals surface area contributed by atoms with Crippen molar-refractivity contribution < 1.29 is 21.9 Å². The number of fused-ring (bicyclic) bond motifs is 1. The molecule has 0 spiro atoms. The van der Waals surface area contributed by atoms with E-state index in [1.54, 1.807) is 12.1 Å². The fraction of sp³-hybridized carbons (Fsp3) is 0.250. The first-order valence-corrected chi connectivity index (χ1v) is 10.8. The van der Waals surface area contributed by atoms with Crippen molar-refractivity contribution in [3.63, 3.8) is 0 Å². The van der Waals surface area contributed by atoms with E-state index in [2.05, 4.69) is 21.7 Å². The summed E-state index contributed by atoms with van der Waals surface area (Å²) < 4.78 is 15.2. The summed E-state index contributed by atoms with van der Waals surface area (Å²) in [6.07, 6.45) is 0. The summed E-state index contributed by atoms with van der Waals surface area (Å²) in [6, 6.07) is 5.11. The second-order valence-corrected chi connectivity index (χ2v) is 6.93. The van der Waals surface area contributed by atoms with Gasteiger partial charge in [-0.15, -0.1) is 0 Å². The molecule has 0 atom stereocenters. The van der Waals surface area contributed by atoms with Gasteiger partial charge in [-0.2, -0.15) is 0 Å². The van der Waals surface area contributed by atoms with Crippen molar-refractivity contribution in [3.05, 3.63) is 35.1 Å². The molecular formula is C8H7FI2N-. The molecule has 0 fully saturated rings. The van der Waals surface area contributed by atoms with Gasteiger partial charge in [-0.3, -0.25) is 0 Å². The van der Waals surface area contributed by atoms with Crippen molar-refractivity contribution in [1.29, 1.82) is 0 Å². The summed E-state index contributed by atoms with van der Waals surface area (Å²) in [5.41, 5.74) is 2.47. The molecule has 0 radical (unpaired) electrons. The first-order chi connectivity index (χ1) is 5.79. The summed E-state index contributed by atoms with van der Waals surface area (Å²) in [5, 5.41) is 0. The first-order valence-electron chi connectivity index (χ1n) is 3.58. The van der Waals surface area contributed by atoms with Crippen LogP contribution in [0.3, 0.4) is 0 Å². The molecule has 1 aromatic carbocycles. The Bertz CT molecular complexity index is 303. The van der Waals surface area contributed by atoms with Gasteiger partial charge in [-0.1, -0.05) is 0 Å². The molecule has 1 aromatic rings. The number of rotatable bonds is 1. The van der Waals surface area contributed by atoms with E-state index in [0.29, 0.717) is 0 Å². The van der Waals surface area contributed by atoms with Crippen molar-refractivity contribution in [2.45, 2.75) is 13.1 Å². The molecule has 0 aliphatic carbocycles. The molecule has 0 unspecified atom stereocenters. The Balaban J connectivity index is 2.30. The zero-order valence-corrected chi connectivity index (χ0v) is 10.5. The fourth-order valence-electron chi connectivity index (χ4n) is 1.37. The SMILES string of the molecule is Fc1ccc2c(c1)CN([I-]I)C2. The standard InChI is InChI=1S/C8H7FI2N/c9-8-2-1-6-4-12(11-10)5-7(6)3-8/h1-3H,4-5H2/q-1. The van der Waals surface area contributed by atoms with Crippen LogP contribution in [0.5, 0.6) is 0 Å². The second kappa shape index (κ2) is 3.75.